The van der Waals surface area contributed by atoms with Crippen LogP contribution in [0.4, 0.5) is 0 Å². The topological polar surface area (TPSA) is 26.0 Å². The Hall–Kier alpha value is -0.390. The summed E-state index contributed by atoms with van der Waals surface area (Å²) in [6.07, 6.45) is 9.00. The zero-order chi connectivity index (χ0) is 10.9. The van der Waals surface area contributed by atoms with Gasteiger partial charge in [0.2, 0.25) is 0 Å². The van der Waals surface area contributed by atoms with Gasteiger partial charge in [-0.25, -0.2) is 0 Å². The van der Waals surface area contributed by atoms with Crippen LogP contribution >= 0.6 is 9.24 Å². The molecule has 1 saturated carbocycles. The van der Waals surface area contributed by atoms with Gasteiger partial charge in [-0.05, 0) is 10.9 Å². The van der Waals surface area contributed by atoms with E-state index in [0.29, 0.717) is 6.54 Å². The molecule has 1 unspecified atom stereocenters. The lowest BCUT2D eigenvalue weighted by Crippen LogP contribution is -2.06. The largest absolute Gasteiger partial charge is 0.326 e. The van der Waals surface area contributed by atoms with Gasteiger partial charge in [0, 0.05) is 6.54 Å². The average molecular weight is 223 g/mol. The van der Waals surface area contributed by atoms with Crippen molar-refractivity contribution >= 4 is 14.5 Å². The third kappa shape index (κ3) is 5.30. The molecule has 84 valence electrons. The number of nitrogens with two attached hydrogens (primary N) is 1. The molecule has 1 aromatic rings. The SMILES string of the molecule is C1CCCCC1.NCc1ccccc1P. The van der Waals surface area contributed by atoms with Crippen molar-refractivity contribution in [3.8, 4) is 0 Å². The van der Waals surface area contributed by atoms with Gasteiger partial charge in [0.15, 0.2) is 0 Å². The summed E-state index contributed by atoms with van der Waals surface area (Å²) in [4.78, 5) is 0. The number of rotatable bonds is 1. The lowest BCUT2D eigenvalue weighted by molar-refractivity contribution is 0.504. The predicted molar refractivity (Wildman–Crippen MR) is 71.4 cm³/mol. The van der Waals surface area contributed by atoms with Gasteiger partial charge in [0.05, 0.1) is 0 Å². The van der Waals surface area contributed by atoms with Gasteiger partial charge in [-0.3, -0.25) is 0 Å². The van der Waals surface area contributed by atoms with E-state index in [0.717, 1.165) is 0 Å². The third-order valence-corrected chi connectivity index (χ3v) is 3.34. The van der Waals surface area contributed by atoms with Gasteiger partial charge < -0.3 is 5.73 Å². The highest BCUT2D eigenvalue weighted by Crippen LogP contribution is 2.15. The second-order valence-corrected chi connectivity index (χ2v) is 4.65. The van der Waals surface area contributed by atoms with Crippen LogP contribution in [-0.4, -0.2) is 0 Å². The van der Waals surface area contributed by atoms with Crippen LogP contribution < -0.4 is 11.0 Å². The molecule has 15 heavy (non-hydrogen) atoms. The van der Waals surface area contributed by atoms with E-state index >= 15 is 0 Å². The van der Waals surface area contributed by atoms with Crippen LogP contribution in [0.2, 0.25) is 0 Å². The fourth-order valence-corrected chi connectivity index (χ4v) is 2.11. The van der Waals surface area contributed by atoms with Gasteiger partial charge in [-0.15, -0.1) is 9.24 Å². The first kappa shape index (κ1) is 12.7. The minimum atomic E-state index is 0.625. The Morgan fingerprint density at radius 2 is 1.40 bits per heavy atom. The van der Waals surface area contributed by atoms with Crippen molar-refractivity contribution in [1.82, 2.24) is 0 Å². The molecule has 0 radical (unpaired) electrons. The monoisotopic (exact) mass is 223 g/mol. The van der Waals surface area contributed by atoms with E-state index in [2.05, 4.69) is 9.24 Å². The van der Waals surface area contributed by atoms with Crippen LogP contribution in [0, 0.1) is 0 Å². The smallest absolute Gasteiger partial charge is 0.0184 e. The summed E-state index contributed by atoms with van der Waals surface area (Å²) in [6.45, 7) is 0.625. The number of benzene rings is 1. The van der Waals surface area contributed by atoms with Crippen molar-refractivity contribution in [1.29, 1.82) is 0 Å². The zero-order valence-electron chi connectivity index (χ0n) is 9.41. The molecule has 0 bridgehead atoms. The van der Waals surface area contributed by atoms with E-state index < -0.39 is 0 Å². The molecule has 0 spiro atoms. The van der Waals surface area contributed by atoms with Gasteiger partial charge in [-0.1, -0.05) is 62.8 Å². The summed E-state index contributed by atoms with van der Waals surface area (Å²) < 4.78 is 0. The Morgan fingerprint density at radius 1 is 0.933 bits per heavy atom. The maximum Gasteiger partial charge on any atom is 0.0184 e. The molecule has 0 amide bonds. The molecular weight excluding hydrogens is 201 g/mol. The Balaban J connectivity index is 0.000000162. The van der Waals surface area contributed by atoms with Crippen molar-refractivity contribution in [2.45, 2.75) is 45.1 Å². The zero-order valence-corrected chi connectivity index (χ0v) is 10.6. The first-order chi connectivity index (χ1) is 7.34. The van der Waals surface area contributed by atoms with Crippen molar-refractivity contribution in [2.24, 2.45) is 5.73 Å². The molecule has 1 atom stereocenters. The summed E-state index contributed by atoms with van der Waals surface area (Å²) in [7, 11) is 2.65. The Labute approximate surface area is 95.7 Å². The fraction of sp³-hybridized carbons (Fsp3) is 0.538. The van der Waals surface area contributed by atoms with Crippen molar-refractivity contribution in [3.05, 3.63) is 29.8 Å². The van der Waals surface area contributed by atoms with Gasteiger partial charge in [0.1, 0.15) is 0 Å². The molecule has 0 heterocycles. The first-order valence-corrected chi connectivity index (χ1v) is 6.46. The molecule has 1 aliphatic carbocycles. The van der Waals surface area contributed by atoms with Crippen molar-refractivity contribution in [3.63, 3.8) is 0 Å². The Kier molecular flexibility index (Phi) is 6.63. The van der Waals surface area contributed by atoms with Crippen LogP contribution in [0.25, 0.3) is 0 Å². The van der Waals surface area contributed by atoms with Crippen LogP contribution in [-0.2, 0) is 6.54 Å². The molecule has 0 aromatic heterocycles. The molecule has 2 rings (SSSR count). The average Bonchev–Trinajstić information content (AvgIpc) is 2.33. The second-order valence-electron chi connectivity index (χ2n) is 4.02. The second kappa shape index (κ2) is 7.84. The fourth-order valence-electron chi connectivity index (χ4n) is 1.78. The molecule has 0 saturated heterocycles. The molecular formula is C13H22NP. The lowest BCUT2D eigenvalue weighted by Gasteiger charge is -2.05. The summed E-state index contributed by atoms with van der Waals surface area (Å²) in [5, 5.41) is 1.19. The van der Waals surface area contributed by atoms with Gasteiger partial charge >= 0.3 is 0 Å². The first-order valence-electron chi connectivity index (χ1n) is 5.88. The van der Waals surface area contributed by atoms with Crippen LogP contribution in [0.1, 0.15) is 44.1 Å². The molecule has 1 aromatic carbocycles. The molecule has 1 fully saturated rings. The minimum absolute atomic E-state index is 0.625. The highest BCUT2D eigenvalue weighted by molar-refractivity contribution is 7.27. The minimum Gasteiger partial charge on any atom is -0.326 e. The predicted octanol–water partition coefficient (Wildman–Crippen LogP) is 2.99. The summed E-state index contributed by atoms with van der Waals surface area (Å²) in [5.74, 6) is 0. The van der Waals surface area contributed by atoms with Crippen molar-refractivity contribution < 1.29 is 0 Å². The Morgan fingerprint density at radius 3 is 1.73 bits per heavy atom. The highest BCUT2D eigenvalue weighted by atomic mass is 31.0. The van der Waals surface area contributed by atoms with E-state index in [1.807, 2.05) is 24.3 Å². The molecule has 2 heteroatoms. The Bertz CT molecular complexity index is 257. The maximum atomic E-state index is 5.44. The standard InChI is InChI=1S/C7H10NP.C6H12/c8-5-6-3-1-2-4-7(6)9;1-2-4-6-5-3-1/h1-4H,5,8-9H2;1-6H2. The summed E-state index contributed by atoms with van der Waals surface area (Å²) >= 11 is 0. The highest BCUT2D eigenvalue weighted by Gasteiger charge is 1.95. The van der Waals surface area contributed by atoms with Crippen LogP contribution in [0.3, 0.4) is 0 Å². The normalized spacial score (nSPS) is 15.3. The molecule has 2 N–H and O–H groups in total. The lowest BCUT2D eigenvalue weighted by atomic mass is 10.0. The number of hydrogen-bond donors (Lipinski definition) is 1. The van der Waals surface area contributed by atoms with E-state index in [4.69, 9.17) is 5.73 Å². The quantitative estimate of drug-likeness (QED) is 0.728. The van der Waals surface area contributed by atoms with E-state index in [-0.39, 0.29) is 0 Å². The van der Waals surface area contributed by atoms with E-state index in [1.54, 1.807) is 0 Å². The van der Waals surface area contributed by atoms with Crippen molar-refractivity contribution in [2.75, 3.05) is 0 Å². The van der Waals surface area contributed by atoms with E-state index in [1.165, 1.54) is 49.4 Å². The summed E-state index contributed by atoms with van der Waals surface area (Å²) in [6, 6.07) is 8.06. The summed E-state index contributed by atoms with van der Waals surface area (Å²) in [5.41, 5.74) is 6.63. The van der Waals surface area contributed by atoms with Crippen LogP contribution in [0.5, 0.6) is 0 Å². The number of hydrogen-bond acceptors (Lipinski definition) is 1. The van der Waals surface area contributed by atoms with Gasteiger partial charge in [-0.2, -0.15) is 0 Å². The molecule has 1 nitrogen and oxygen atoms in total. The molecule has 1 aliphatic rings. The third-order valence-electron chi connectivity index (χ3n) is 2.78. The van der Waals surface area contributed by atoms with E-state index in [9.17, 15) is 0 Å². The van der Waals surface area contributed by atoms with Gasteiger partial charge in [0.25, 0.3) is 0 Å². The van der Waals surface area contributed by atoms with Crippen LogP contribution in [0.15, 0.2) is 24.3 Å². The molecule has 0 aliphatic heterocycles. The maximum absolute atomic E-state index is 5.44.